The van der Waals surface area contributed by atoms with E-state index in [2.05, 4.69) is 95.5 Å². The Morgan fingerprint density at radius 3 is 0.576 bits per heavy atom. The van der Waals surface area contributed by atoms with Gasteiger partial charge < -0.3 is 24.3 Å². The van der Waals surface area contributed by atoms with Crippen molar-refractivity contribution in [3.8, 4) is 0 Å². The van der Waals surface area contributed by atoms with E-state index >= 15 is 0 Å². The SMILES string of the molecule is CCCCCCCC/C=C\CCCCCCCCOC(C)C(CNCC(OCCCCCCCC/C=C\CCCCCCCC)C(C)OCCCCCCCC/C=C\CCCCCCCC)OCCCCCCCC/C=C\CCCCCCCC. The summed E-state index contributed by atoms with van der Waals surface area (Å²) in [6.07, 6.45) is 93.9. The van der Waals surface area contributed by atoms with E-state index in [1.54, 1.807) is 0 Å². The Labute approximate surface area is 535 Å². The van der Waals surface area contributed by atoms with Crippen LogP contribution in [0.2, 0.25) is 0 Å². The highest BCUT2D eigenvalue weighted by atomic mass is 16.5. The first-order valence-corrected chi connectivity index (χ1v) is 38.9. The van der Waals surface area contributed by atoms with E-state index in [4.69, 9.17) is 18.9 Å². The van der Waals surface area contributed by atoms with Gasteiger partial charge in [0.05, 0.1) is 24.4 Å². The molecule has 1 N–H and O–H groups in total. The first kappa shape index (κ1) is 83.8. The smallest absolute Gasteiger partial charge is 0.0957 e. The average molecular weight is 1200 g/mol. The zero-order chi connectivity index (χ0) is 61.3. The summed E-state index contributed by atoms with van der Waals surface area (Å²) in [7, 11) is 0. The number of unbranched alkanes of at least 4 members (excludes halogenated alkanes) is 48. The third-order valence-electron chi connectivity index (χ3n) is 17.8. The Bertz CT molecular complexity index is 1230. The second kappa shape index (κ2) is 75.2. The van der Waals surface area contributed by atoms with Gasteiger partial charge in [-0.15, -0.1) is 0 Å². The van der Waals surface area contributed by atoms with Crippen molar-refractivity contribution >= 4 is 0 Å². The molecule has 0 saturated carbocycles. The van der Waals surface area contributed by atoms with Crippen LogP contribution in [0.3, 0.4) is 0 Å². The lowest BCUT2D eigenvalue weighted by Crippen LogP contribution is -2.44. The van der Waals surface area contributed by atoms with Gasteiger partial charge in [-0.25, -0.2) is 0 Å². The van der Waals surface area contributed by atoms with Crippen LogP contribution in [0.15, 0.2) is 48.6 Å². The van der Waals surface area contributed by atoms with Crippen LogP contribution in [-0.2, 0) is 18.9 Å². The molecule has 5 heteroatoms. The van der Waals surface area contributed by atoms with Gasteiger partial charge in [0, 0.05) is 39.5 Å². The highest BCUT2D eigenvalue weighted by Crippen LogP contribution is 2.17. The molecule has 0 fully saturated rings. The van der Waals surface area contributed by atoms with Crippen molar-refractivity contribution in [3.05, 3.63) is 48.6 Å². The summed E-state index contributed by atoms with van der Waals surface area (Å²) in [4.78, 5) is 0. The molecular weight excluding hydrogens is 1040 g/mol. The standard InChI is InChI=1S/C80H155NO4/c1-7-11-15-19-23-27-31-35-39-43-47-51-55-59-63-67-71-82-77(5)79(84-73-69-65-61-57-53-49-45-41-37-33-29-25-21-17-13-9-3)75-81-76-80(85-74-70-66-62-58-54-50-46-42-38-34-30-26-22-18-14-10-4)78(6)83-72-68-64-60-56-52-48-44-40-36-32-28-24-20-16-12-8-2/h35-42,77-81H,7-34,43-76H2,1-6H3/b39-35-,40-36-,41-37-,42-38-. The number of hydrogen-bond donors (Lipinski definition) is 1. The van der Waals surface area contributed by atoms with E-state index in [-0.39, 0.29) is 24.4 Å². The Kier molecular flexibility index (Phi) is 74.1. The topological polar surface area (TPSA) is 49.0 Å². The lowest BCUT2D eigenvalue weighted by Gasteiger charge is -2.28. The minimum Gasteiger partial charge on any atom is -0.376 e. The van der Waals surface area contributed by atoms with Crippen LogP contribution < -0.4 is 5.32 Å². The molecule has 4 atom stereocenters. The van der Waals surface area contributed by atoms with Crippen LogP contribution in [0, 0.1) is 0 Å². The maximum Gasteiger partial charge on any atom is 0.0957 e. The fraction of sp³-hybridized carbons (Fsp3) is 0.900. The molecule has 0 heterocycles. The quantitative estimate of drug-likeness (QED) is 0.0486. The molecule has 0 aromatic heterocycles. The summed E-state index contributed by atoms with van der Waals surface area (Å²) < 4.78 is 26.6. The van der Waals surface area contributed by atoms with Gasteiger partial charge in [0.25, 0.3) is 0 Å². The lowest BCUT2D eigenvalue weighted by atomic mass is 10.1. The van der Waals surface area contributed by atoms with Gasteiger partial charge in [-0.2, -0.15) is 0 Å². The van der Waals surface area contributed by atoms with Gasteiger partial charge in [0.15, 0.2) is 0 Å². The van der Waals surface area contributed by atoms with Crippen molar-refractivity contribution in [2.45, 2.75) is 426 Å². The predicted octanol–water partition coefficient (Wildman–Crippen LogP) is 26.3. The van der Waals surface area contributed by atoms with Crippen LogP contribution in [-0.4, -0.2) is 63.9 Å². The molecule has 4 unspecified atom stereocenters. The highest BCUT2D eigenvalue weighted by Gasteiger charge is 2.22. The normalized spacial score (nSPS) is 13.7. The molecule has 0 aromatic rings. The monoisotopic (exact) mass is 1190 g/mol. The third kappa shape index (κ3) is 68.5. The van der Waals surface area contributed by atoms with Crippen LogP contribution in [0.4, 0.5) is 0 Å². The first-order valence-electron chi connectivity index (χ1n) is 38.9. The first-order chi connectivity index (χ1) is 42.1. The van der Waals surface area contributed by atoms with Crippen molar-refractivity contribution in [3.63, 3.8) is 0 Å². The van der Waals surface area contributed by atoms with E-state index in [9.17, 15) is 0 Å². The Morgan fingerprint density at radius 2 is 0.376 bits per heavy atom. The van der Waals surface area contributed by atoms with Gasteiger partial charge >= 0.3 is 0 Å². The number of allylic oxidation sites excluding steroid dienone is 8. The molecule has 0 aliphatic carbocycles. The Balaban J connectivity index is 5.11. The molecule has 0 bridgehead atoms. The molecule has 0 rings (SSSR count). The van der Waals surface area contributed by atoms with Crippen LogP contribution in [0.25, 0.3) is 0 Å². The molecular formula is C80H155NO4. The summed E-state index contributed by atoms with van der Waals surface area (Å²) in [6, 6.07) is 0. The Hall–Kier alpha value is -1.24. The van der Waals surface area contributed by atoms with Crippen molar-refractivity contribution < 1.29 is 18.9 Å². The summed E-state index contributed by atoms with van der Waals surface area (Å²) in [5.74, 6) is 0. The summed E-state index contributed by atoms with van der Waals surface area (Å²) in [5, 5.41) is 3.85. The summed E-state index contributed by atoms with van der Waals surface area (Å²) in [6.45, 7) is 18.5. The van der Waals surface area contributed by atoms with Crippen molar-refractivity contribution in [1.82, 2.24) is 5.32 Å². The van der Waals surface area contributed by atoms with Crippen molar-refractivity contribution in [2.24, 2.45) is 0 Å². The fourth-order valence-electron chi connectivity index (χ4n) is 11.7. The number of nitrogens with one attached hydrogen (secondary N) is 1. The second-order valence-electron chi connectivity index (χ2n) is 26.4. The molecule has 85 heavy (non-hydrogen) atoms. The number of rotatable bonds is 74. The van der Waals surface area contributed by atoms with Gasteiger partial charge in [-0.1, -0.05) is 307 Å². The molecule has 0 aliphatic rings. The van der Waals surface area contributed by atoms with E-state index in [1.807, 2.05) is 0 Å². The van der Waals surface area contributed by atoms with Crippen LogP contribution in [0.1, 0.15) is 401 Å². The molecule has 0 aromatic carbocycles. The van der Waals surface area contributed by atoms with Gasteiger partial charge in [0.1, 0.15) is 0 Å². The highest BCUT2D eigenvalue weighted by molar-refractivity contribution is 4.84. The zero-order valence-electron chi connectivity index (χ0n) is 58.9. The van der Waals surface area contributed by atoms with E-state index in [1.165, 1.54) is 334 Å². The maximum absolute atomic E-state index is 6.73. The van der Waals surface area contributed by atoms with Crippen molar-refractivity contribution in [1.29, 1.82) is 0 Å². The van der Waals surface area contributed by atoms with Crippen molar-refractivity contribution in [2.75, 3.05) is 39.5 Å². The van der Waals surface area contributed by atoms with Crippen LogP contribution in [0.5, 0.6) is 0 Å². The largest absolute Gasteiger partial charge is 0.376 e. The average Bonchev–Trinajstić information content (AvgIpc) is 3.51. The van der Waals surface area contributed by atoms with Gasteiger partial charge in [-0.3, -0.25) is 0 Å². The molecule has 504 valence electrons. The molecule has 0 amide bonds. The summed E-state index contributed by atoms with van der Waals surface area (Å²) in [5.41, 5.74) is 0. The fourth-order valence-corrected chi connectivity index (χ4v) is 11.7. The molecule has 5 nitrogen and oxygen atoms in total. The third-order valence-corrected chi connectivity index (χ3v) is 17.8. The van der Waals surface area contributed by atoms with E-state index in [0.717, 1.165) is 65.2 Å². The number of ether oxygens (including phenoxy) is 4. The van der Waals surface area contributed by atoms with Crippen LogP contribution >= 0.6 is 0 Å². The second-order valence-corrected chi connectivity index (χ2v) is 26.4. The van der Waals surface area contributed by atoms with E-state index in [0.29, 0.717) is 0 Å². The lowest BCUT2D eigenvalue weighted by molar-refractivity contribution is -0.0765. The molecule has 0 radical (unpaired) electrons. The minimum absolute atomic E-state index is 0.0195. The Morgan fingerprint density at radius 1 is 0.212 bits per heavy atom. The van der Waals surface area contributed by atoms with E-state index < -0.39 is 0 Å². The number of hydrogen-bond acceptors (Lipinski definition) is 5. The van der Waals surface area contributed by atoms with Gasteiger partial charge in [0.2, 0.25) is 0 Å². The molecule has 0 aliphatic heterocycles. The maximum atomic E-state index is 6.73. The molecule has 0 saturated heterocycles. The predicted molar refractivity (Wildman–Crippen MR) is 381 cm³/mol. The van der Waals surface area contributed by atoms with Gasteiger partial charge in [-0.05, 0) is 142 Å². The molecule has 0 spiro atoms. The zero-order valence-corrected chi connectivity index (χ0v) is 58.9. The summed E-state index contributed by atoms with van der Waals surface area (Å²) >= 11 is 0. The minimum atomic E-state index is 0.0195.